The number of piperidine rings is 1. The number of anilines is 1. The molecule has 0 atom stereocenters. The quantitative estimate of drug-likeness (QED) is 0.760. The van der Waals surface area contributed by atoms with Crippen molar-refractivity contribution in [1.82, 2.24) is 14.9 Å². The van der Waals surface area contributed by atoms with Gasteiger partial charge in [0, 0.05) is 32.4 Å². The fraction of sp³-hybridized carbons (Fsp3) is 0.318. The van der Waals surface area contributed by atoms with Gasteiger partial charge in [-0.15, -0.1) is 0 Å². The van der Waals surface area contributed by atoms with Gasteiger partial charge in [-0.1, -0.05) is 24.3 Å². The lowest BCUT2D eigenvalue weighted by Gasteiger charge is -2.28. The van der Waals surface area contributed by atoms with Crippen LogP contribution in [0.4, 0.5) is 5.69 Å². The second-order valence-corrected chi connectivity index (χ2v) is 7.21. The zero-order valence-electron chi connectivity index (χ0n) is 16.0. The first-order valence-electron chi connectivity index (χ1n) is 9.71. The molecule has 0 radical (unpaired) electrons. The van der Waals surface area contributed by atoms with Gasteiger partial charge in [0.1, 0.15) is 0 Å². The van der Waals surface area contributed by atoms with Gasteiger partial charge in [-0.3, -0.25) is 9.59 Å². The highest BCUT2D eigenvalue weighted by Crippen LogP contribution is 2.20. The maximum Gasteiger partial charge on any atom is 0.282 e. The predicted molar refractivity (Wildman–Crippen MR) is 111 cm³/mol. The Balaban J connectivity index is 1.46. The van der Waals surface area contributed by atoms with E-state index in [1.807, 2.05) is 30.3 Å². The van der Waals surface area contributed by atoms with Crippen LogP contribution in [0.5, 0.6) is 0 Å². The van der Waals surface area contributed by atoms with E-state index in [4.69, 9.17) is 0 Å². The number of fused-ring (bicyclic) bond motifs is 1. The van der Waals surface area contributed by atoms with E-state index in [9.17, 15) is 9.59 Å². The van der Waals surface area contributed by atoms with Crippen LogP contribution >= 0.6 is 0 Å². The number of hydrogen-bond acceptors (Lipinski definition) is 4. The highest BCUT2D eigenvalue weighted by molar-refractivity contribution is 5.93. The smallest absolute Gasteiger partial charge is 0.282 e. The highest BCUT2D eigenvalue weighted by Gasteiger charge is 2.16. The SMILES string of the molecule is Cn1c(=O)c(C(=O)NCc2ccc(N3CCCCC3)cc2)nc2ccccc21. The number of hydrogen-bond donors (Lipinski definition) is 1. The van der Waals surface area contributed by atoms with Crippen LogP contribution in [-0.4, -0.2) is 28.5 Å². The molecule has 1 aliphatic heterocycles. The lowest BCUT2D eigenvalue weighted by molar-refractivity contribution is 0.0944. The highest BCUT2D eigenvalue weighted by atomic mass is 16.2. The molecule has 1 N–H and O–H groups in total. The Bertz CT molecular complexity index is 1050. The van der Waals surface area contributed by atoms with Gasteiger partial charge in [0.25, 0.3) is 11.5 Å². The summed E-state index contributed by atoms with van der Waals surface area (Å²) in [7, 11) is 1.66. The first kappa shape index (κ1) is 18.2. The Morgan fingerprint density at radius 3 is 2.50 bits per heavy atom. The van der Waals surface area contributed by atoms with E-state index in [0.29, 0.717) is 17.6 Å². The van der Waals surface area contributed by atoms with Crippen LogP contribution in [0, 0.1) is 0 Å². The summed E-state index contributed by atoms with van der Waals surface area (Å²) in [6.45, 7) is 2.57. The van der Waals surface area contributed by atoms with E-state index >= 15 is 0 Å². The number of amides is 1. The number of carbonyl (C=O) groups is 1. The van der Waals surface area contributed by atoms with Gasteiger partial charge in [0.15, 0.2) is 5.69 Å². The van der Waals surface area contributed by atoms with Crippen molar-refractivity contribution in [2.45, 2.75) is 25.8 Å². The number of nitrogens with zero attached hydrogens (tertiary/aromatic N) is 3. The first-order valence-corrected chi connectivity index (χ1v) is 9.71. The summed E-state index contributed by atoms with van der Waals surface area (Å²) in [4.78, 5) is 31.7. The number of benzene rings is 2. The summed E-state index contributed by atoms with van der Waals surface area (Å²) in [5, 5.41) is 2.82. The van der Waals surface area contributed by atoms with Gasteiger partial charge < -0.3 is 14.8 Å². The van der Waals surface area contributed by atoms with Crippen molar-refractivity contribution in [1.29, 1.82) is 0 Å². The standard InChI is InChI=1S/C22H24N4O2/c1-25-19-8-4-3-7-18(19)24-20(22(25)28)21(27)23-15-16-9-11-17(12-10-16)26-13-5-2-6-14-26/h3-4,7-12H,2,5-6,13-15H2,1H3,(H,23,27). The maximum absolute atomic E-state index is 12.6. The minimum Gasteiger partial charge on any atom is -0.372 e. The molecular weight excluding hydrogens is 352 g/mol. The number of para-hydroxylation sites is 2. The maximum atomic E-state index is 12.6. The molecule has 1 fully saturated rings. The van der Waals surface area contributed by atoms with Crippen molar-refractivity contribution in [3.05, 3.63) is 70.1 Å². The molecule has 1 saturated heterocycles. The Hall–Kier alpha value is -3.15. The fourth-order valence-electron chi connectivity index (χ4n) is 3.67. The number of rotatable bonds is 4. The zero-order valence-corrected chi connectivity index (χ0v) is 16.0. The minimum absolute atomic E-state index is 0.0777. The van der Waals surface area contributed by atoms with Gasteiger partial charge >= 0.3 is 0 Å². The summed E-state index contributed by atoms with van der Waals surface area (Å²) < 4.78 is 1.46. The van der Waals surface area contributed by atoms with Crippen LogP contribution in [0.25, 0.3) is 11.0 Å². The van der Waals surface area contributed by atoms with Crippen molar-refractivity contribution < 1.29 is 4.79 Å². The third-order valence-electron chi connectivity index (χ3n) is 5.31. The van der Waals surface area contributed by atoms with E-state index in [1.54, 1.807) is 13.1 Å². The van der Waals surface area contributed by atoms with E-state index in [-0.39, 0.29) is 5.69 Å². The third kappa shape index (κ3) is 3.63. The van der Waals surface area contributed by atoms with Crippen LogP contribution in [0.3, 0.4) is 0 Å². The van der Waals surface area contributed by atoms with Gasteiger partial charge in [0.2, 0.25) is 0 Å². The molecule has 3 aromatic rings. The Morgan fingerprint density at radius 1 is 1.04 bits per heavy atom. The average Bonchev–Trinajstić information content (AvgIpc) is 2.75. The van der Waals surface area contributed by atoms with Crippen molar-refractivity contribution in [2.24, 2.45) is 7.05 Å². The molecule has 28 heavy (non-hydrogen) atoms. The summed E-state index contributed by atoms with van der Waals surface area (Å²) in [6.07, 6.45) is 3.79. The van der Waals surface area contributed by atoms with E-state index in [1.165, 1.54) is 29.5 Å². The van der Waals surface area contributed by atoms with Crippen LogP contribution in [0.15, 0.2) is 53.3 Å². The molecule has 1 amide bonds. The van der Waals surface area contributed by atoms with Crippen LogP contribution in [0.2, 0.25) is 0 Å². The molecule has 0 bridgehead atoms. The second kappa shape index (κ2) is 7.84. The van der Waals surface area contributed by atoms with Crippen molar-refractivity contribution in [3.63, 3.8) is 0 Å². The van der Waals surface area contributed by atoms with Crippen molar-refractivity contribution in [2.75, 3.05) is 18.0 Å². The van der Waals surface area contributed by atoms with E-state index < -0.39 is 11.5 Å². The largest absolute Gasteiger partial charge is 0.372 e. The minimum atomic E-state index is -0.452. The molecule has 0 spiro atoms. The molecule has 144 valence electrons. The molecule has 0 saturated carbocycles. The topological polar surface area (TPSA) is 67.2 Å². The molecule has 2 aromatic carbocycles. The molecule has 6 nitrogen and oxygen atoms in total. The van der Waals surface area contributed by atoms with Gasteiger partial charge in [-0.05, 0) is 49.1 Å². The number of aryl methyl sites for hydroxylation is 1. The zero-order chi connectivity index (χ0) is 19.5. The first-order chi connectivity index (χ1) is 13.6. The van der Waals surface area contributed by atoms with Crippen LogP contribution in [0.1, 0.15) is 35.3 Å². The average molecular weight is 376 g/mol. The van der Waals surface area contributed by atoms with Gasteiger partial charge in [0.05, 0.1) is 11.0 Å². The second-order valence-electron chi connectivity index (χ2n) is 7.21. The van der Waals surface area contributed by atoms with Crippen molar-refractivity contribution >= 4 is 22.6 Å². The van der Waals surface area contributed by atoms with Gasteiger partial charge in [-0.25, -0.2) is 4.98 Å². The Morgan fingerprint density at radius 2 is 1.75 bits per heavy atom. The fourth-order valence-corrected chi connectivity index (χ4v) is 3.67. The van der Waals surface area contributed by atoms with Crippen LogP contribution in [-0.2, 0) is 13.6 Å². The third-order valence-corrected chi connectivity index (χ3v) is 5.31. The van der Waals surface area contributed by atoms with Gasteiger partial charge in [-0.2, -0.15) is 0 Å². The van der Waals surface area contributed by atoms with E-state index in [0.717, 1.165) is 18.7 Å². The molecule has 0 aliphatic carbocycles. The van der Waals surface area contributed by atoms with E-state index in [2.05, 4.69) is 27.3 Å². The molecular formula is C22H24N4O2. The molecule has 2 heterocycles. The lowest BCUT2D eigenvalue weighted by atomic mass is 10.1. The Kier molecular flexibility index (Phi) is 5.10. The number of carbonyl (C=O) groups excluding carboxylic acids is 1. The summed E-state index contributed by atoms with van der Waals surface area (Å²) in [5.74, 6) is -0.452. The summed E-state index contributed by atoms with van der Waals surface area (Å²) >= 11 is 0. The Labute approximate surface area is 163 Å². The molecule has 0 unspecified atom stereocenters. The monoisotopic (exact) mass is 376 g/mol. The van der Waals surface area contributed by atoms with Crippen molar-refractivity contribution in [3.8, 4) is 0 Å². The van der Waals surface area contributed by atoms with Crippen LogP contribution < -0.4 is 15.8 Å². The number of aromatic nitrogens is 2. The lowest BCUT2D eigenvalue weighted by Crippen LogP contribution is -2.33. The molecule has 1 aliphatic rings. The molecule has 1 aromatic heterocycles. The normalized spacial score (nSPS) is 14.2. The number of nitrogens with one attached hydrogen (secondary N) is 1. The summed E-state index contributed by atoms with van der Waals surface area (Å²) in [6, 6.07) is 15.5. The molecule has 4 rings (SSSR count). The predicted octanol–water partition coefficient (Wildman–Crippen LogP) is 2.85. The molecule has 6 heteroatoms. The summed E-state index contributed by atoms with van der Waals surface area (Å²) in [5.41, 5.74) is 3.08.